The topological polar surface area (TPSA) is 80.3 Å². The minimum Gasteiger partial charge on any atom is -0.339 e. The van der Waals surface area contributed by atoms with Gasteiger partial charge in [-0.15, -0.1) is 0 Å². The molecule has 3 aromatic rings. The van der Waals surface area contributed by atoms with Gasteiger partial charge in [0.05, 0.1) is 5.69 Å². The van der Waals surface area contributed by atoms with E-state index in [0.717, 1.165) is 42.1 Å². The van der Waals surface area contributed by atoms with Gasteiger partial charge < -0.3 is 10.2 Å². The Balaban J connectivity index is 1.67. The number of amides is 1. The number of rotatable bonds is 4. The summed E-state index contributed by atoms with van der Waals surface area (Å²) in [6, 6.07) is 4.00. The first-order valence-corrected chi connectivity index (χ1v) is 8.65. The molecule has 0 bridgehead atoms. The number of carbonyl (C=O) groups is 1. The van der Waals surface area contributed by atoms with Crippen LogP contribution in [0.5, 0.6) is 0 Å². The van der Waals surface area contributed by atoms with E-state index >= 15 is 0 Å². The first-order valence-electron chi connectivity index (χ1n) is 8.65. The average molecular weight is 351 g/mol. The summed E-state index contributed by atoms with van der Waals surface area (Å²) in [6.45, 7) is 5.07. The van der Waals surface area contributed by atoms with Crippen molar-refractivity contribution in [2.24, 2.45) is 7.05 Å². The van der Waals surface area contributed by atoms with Crippen LogP contribution in [0.3, 0.4) is 0 Å². The Bertz CT molecular complexity index is 958. The number of fused-ring (bicyclic) bond motifs is 1. The van der Waals surface area contributed by atoms with E-state index in [0.29, 0.717) is 6.54 Å². The Hall–Kier alpha value is -3.16. The highest BCUT2D eigenvalue weighted by molar-refractivity contribution is 5.87. The molecular weight excluding hydrogens is 330 g/mol. The standard InChI is InChI=1S/C18H21N7O/c1-3-17(26)24-7-4-5-13(10-24)14-9-15(18-19-12-20-25(18)11-14)21-16-6-8-23(2)22-16/h3,6,8-9,11-13H,1,4-5,7,10H2,2H3,(H,21,22). The molecule has 0 aliphatic carbocycles. The zero-order valence-electron chi connectivity index (χ0n) is 14.7. The van der Waals surface area contributed by atoms with Crippen molar-refractivity contribution in [1.82, 2.24) is 29.3 Å². The van der Waals surface area contributed by atoms with Crippen LogP contribution in [-0.2, 0) is 11.8 Å². The molecular formula is C18H21N7O. The largest absolute Gasteiger partial charge is 0.339 e. The van der Waals surface area contributed by atoms with Gasteiger partial charge in [0, 0.05) is 44.5 Å². The van der Waals surface area contributed by atoms with Crippen molar-refractivity contribution in [3.63, 3.8) is 0 Å². The molecule has 0 saturated carbocycles. The summed E-state index contributed by atoms with van der Waals surface area (Å²) in [7, 11) is 1.88. The third-order valence-electron chi connectivity index (χ3n) is 4.75. The molecule has 1 saturated heterocycles. The van der Waals surface area contributed by atoms with Gasteiger partial charge in [-0.1, -0.05) is 6.58 Å². The number of hydrogen-bond acceptors (Lipinski definition) is 5. The molecule has 1 unspecified atom stereocenters. The summed E-state index contributed by atoms with van der Waals surface area (Å²) < 4.78 is 3.52. The van der Waals surface area contributed by atoms with Crippen molar-refractivity contribution in [2.75, 3.05) is 18.4 Å². The number of nitrogens with one attached hydrogen (secondary N) is 1. The van der Waals surface area contributed by atoms with E-state index in [1.165, 1.54) is 12.4 Å². The highest BCUT2D eigenvalue weighted by atomic mass is 16.2. The van der Waals surface area contributed by atoms with Crippen LogP contribution in [0.1, 0.15) is 24.3 Å². The summed E-state index contributed by atoms with van der Waals surface area (Å²) >= 11 is 0. The van der Waals surface area contributed by atoms with Crippen LogP contribution in [0.15, 0.2) is 43.5 Å². The average Bonchev–Trinajstić information content (AvgIpc) is 3.30. The van der Waals surface area contributed by atoms with Gasteiger partial charge in [-0.05, 0) is 30.5 Å². The molecule has 4 rings (SSSR count). The molecule has 1 atom stereocenters. The molecule has 0 aromatic carbocycles. The molecule has 1 amide bonds. The summed E-state index contributed by atoms with van der Waals surface area (Å²) in [5, 5.41) is 12.0. The normalized spacial score (nSPS) is 17.4. The molecule has 8 heteroatoms. The monoisotopic (exact) mass is 351 g/mol. The molecule has 1 N–H and O–H groups in total. The smallest absolute Gasteiger partial charge is 0.245 e. The Morgan fingerprint density at radius 2 is 2.35 bits per heavy atom. The first-order chi connectivity index (χ1) is 12.6. The van der Waals surface area contributed by atoms with Gasteiger partial charge in [-0.3, -0.25) is 9.48 Å². The molecule has 3 aromatic heterocycles. The fraction of sp³-hybridized carbons (Fsp3) is 0.333. The van der Waals surface area contributed by atoms with Gasteiger partial charge in [0.15, 0.2) is 11.5 Å². The number of aromatic nitrogens is 5. The lowest BCUT2D eigenvalue weighted by Gasteiger charge is -2.32. The van der Waals surface area contributed by atoms with Gasteiger partial charge in [-0.2, -0.15) is 10.2 Å². The van der Waals surface area contributed by atoms with Crippen LogP contribution >= 0.6 is 0 Å². The van der Waals surface area contributed by atoms with Crippen molar-refractivity contribution in [3.05, 3.63) is 49.1 Å². The van der Waals surface area contributed by atoms with E-state index in [1.54, 1.807) is 9.20 Å². The molecule has 8 nitrogen and oxygen atoms in total. The number of pyridine rings is 1. The van der Waals surface area contributed by atoms with E-state index in [4.69, 9.17) is 0 Å². The summed E-state index contributed by atoms with van der Waals surface area (Å²) in [6.07, 6.45) is 8.81. The third kappa shape index (κ3) is 3.05. The lowest BCUT2D eigenvalue weighted by molar-refractivity contribution is -0.127. The van der Waals surface area contributed by atoms with Gasteiger partial charge in [-0.25, -0.2) is 9.50 Å². The van der Waals surface area contributed by atoms with Crippen molar-refractivity contribution in [3.8, 4) is 0 Å². The Kier molecular flexibility index (Phi) is 4.16. The second kappa shape index (κ2) is 6.62. The van der Waals surface area contributed by atoms with Gasteiger partial charge in [0.25, 0.3) is 0 Å². The number of aryl methyl sites for hydroxylation is 1. The van der Waals surface area contributed by atoms with Crippen LogP contribution < -0.4 is 5.32 Å². The van der Waals surface area contributed by atoms with Crippen LogP contribution in [0.4, 0.5) is 11.5 Å². The molecule has 1 aliphatic rings. The van der Waals surface area contributed by atoms with E-state index in [1.807, 2.05) is 30.4 Å². The number of piperidine rings is 1. The maximum Gasteiger partial charge on any atom is 0.245 e. The zero-order valence-corrected chi connectivity index (χ0v) is 14.7. The maximum atomic E-state index is 12.0. The number of nitrogens with zero attached hydrogens (tertiary/aromatic N) is 6. The number of anilines is 2. The van der Waals surface area contributed by atoms with Crippen LogP contribution in [0.25, 0.3) is 5.65 Å². The van der Waals surface area contributed by atoms with Gasteiger partial charge in [0.1, 0.15) is 6.33 Å². The highest BCUT2D eigenvalue weighted by Gasteiger charge is 2.24. The Labute approximate surface area is 151 Å². The highest BCUT2D eigenvalue weighted by Crippen LogP contribution is 2.30. The minimum atomic E-state index is -0.0108. The fourth-order valence-corrected chi connectivity index (χ4v) is 3.46. The maximum absolute atomic E-state index is 12.0. The van der Waals surface area contributed by atoms with E-state index in [-0.39, 0.29) is 11.8 Å². The van der Waals surface area contributed by atoms with Crippen molar-refractivity contribution in [1.29, 1.82) is 0 Å². The van der Waals surface area contributed by atoms with Crippen molar-refractivity contribution < 1.29 is 4.79 Å². The van der Waals surface area contributed by atoms with Gasteiger partial charge in [0.2, 0.25) is 5.91 Å². The van der Waals surface area contributed by atoms with E-state index in [2.05, 4.69) is 33.1 Å². The predicted molar refractivity (Wildman–Crippen MR) is 98.2 cm³/mol. The first kappa shape index (κ1) is 16.3. The van der Waals surface area contributed by atoms with Crippen LogP contribution in [-0.4, -0.2) is 48.3 Å². The fourth-order valence-electron chi connectivity index (χ4n) is 3.46. The molecule has 0 radical (unpaired) electrons. The lowest BCUT2D eigenvalue weighted by atomic mass is 9.91. The third-order valence-corrected chi connectivity index (χ3v) is 4.75. The van der Waals surface area contributed by atoms with Crippen LogP contribution in [0, 0.1) is 0 Å². The van der Waals surface area contributed by atoms with Crippen molar-refractivity contribution in [2.45, 2.75) is 18.8 Å². The predicted octanol–water partition coefficient (Wildman–Crippen LogP) is 2.10. The van der Waals surface area contributed by atoms with E-state index < -0.39 is 0 Å². The quantitative estimate of drug-likeness (QED) is 0.728. The van der Waals surface area contributed by atoms with E-state index in [9.17, 15) is 4.79 Å². The number of carbonyl (C=O) groups excluding carboxylic acids is 1. The second-order valence-electron chi connectivity index (χ2n) is 6.54. The molecule has 0 spiro atoms. The summed E-state index contributed by atoms with van der Waals surface area (Å²) in [4.78, 5) is 18.2. The Morgan fingerprint density at radius 3 is 3.12 bits per heavy atom. The SMILES string of the molecule is C=CC(=O)N1CCCC(c2cc(Nc3ccn(C)n3)c3ncnn3c2)C1. The molecule has 26 heavy (non-hydrogen) atoms. The molecule has 134 valence electrons. The Morgan fingerprint density at radius 1 is 1.46 bits per heavy atom. The molecule has 1 fully saturated rings. The lowest BCUT2D eigenvalue weighted by Crippen LogP contribution is -2.38. The summed E-state index contributed by atoms with van der Waals surface area (Å²) in [5.41, 5.74) is 2.73. The van der Waals surface area contributed by atoms with Gasteiger partial charge >= 0.3 is 0 Å². The molecule has 1 aliphatic heterocycles. The van der Waals surface area contributed by atoms with Crippen molar-refractivity contribution >= 4 is 23.1 Å². The number of likely N-dealkylation sites (tertiary alicyclic amines) is 1. The molecule has 4 heterocycles. The second-order valence-corrected chi connectivity index (χ2v) is 6.54. The number of hydrogen-bond donors (Lipinski definition) is 1. The zero-order chi connectivity index (χ0) is 18.1. The summed E-state index contributed by atoms with van der Waals surface area (Å²) in [5.74, 6) is 0.996. The van der Waals surface area contributed by atoms with Crippen LogP contribution in [0.2, 0.25) is 0 Å². The minimum absolute atomic E-state index is 0.0108.